The van der Waals surface area contributed by atoms with Gasteiger partial charge in [-0.2, -0.15) is 0 Å². The third-order valence-corrected chi connectivity index (χ3v) is 2.94. The van der Waals surface area contributed by atoms with E-state index in [1.165, 1.54) is 0 Å². The summed E-state index contributed by atoms with van der Waals surface area (Å²) < 4.78 is 0. The van der Waals surface area contributed by atoms with Gasteiger partial charge in [0.2, 0.25) is 5.91 Å². The normalized spacial score (nSPS) is 11.7. The van der Waals surface area contributed by atoms with Crippen LogP contribution in [0.3, 0.4) is 0 Å². The Balaban J connectivity index is 2.17. The monoisotopic (exact) mass is 278 g/mol. The average molecular weight is 278 g/mol. The van der Waals surface area contributed by atoms with Gasteiger partial charge in [0.15, 0.2) is 0 Å². The number of nitrogens with one attached hydrogen (secondary N) is 2. The van der Waals surface area contributed by atoms with Gasteiger partial charge >= 0.3 is 0 Å². The molecule has 1 rings (SSSR count). The number of benzene rings is 1. The number of carbonyl (C=O) groups excluding carboxylic acids is 2. The van der Waals surface area contributed by atoms with Gasteiger partial charge in [0, 0.05) is 31.7 Å². The largest absolute Gasteiger partial charge is 0.396 e. The van der Waals surface area contributed by atoms with Crippen LogP contribution in [-0.2, 0) is 4.79 Å². The summed E-state index contributed by atoms with van der Waals surface area (Å²) in [7, 11) is 0. The molecule has 20 heavy (non-hydrogen) atoms. The first-order chi connectivity index (χ1) is 9.63. The van der Waals surface area contributed by atoms with Gasteiger partial charge in [-0.1, -0.05) is 25.1 Å². The topological polar surface area (TPSA) is 78.4 Å². The summed E-state index contributed by atoms with van der Waals surface area (Å²) in [5.74, 6) is -0.0157. The Kier molecular flexibility index (Phi) is 7.35. The molecule has 5 heteroatoms. The van der Waals surface area contributed by atoms with E-state index >= 15 is 0 Å². The Hall–Kier alpha value is -1.88. The van der Waals surface area contributed by atoms with E-state index in [4.69, 9.17) is 5.11 Å². The van der Waals surface area contributed by atoms with Crippen LogP contribution >= 0.6 is 0 Å². The van der Waals surface area contributed by atoms with Crippen LogP contribution in [0, 0.1) is 5.92 Å². The van der Waals surface area contributed by atoms with Crippen molar-refractivity contribution >= 4 is 11.8 Å². The molecule has 1 aromatic rings. The summed E-state index contributed by atoms with van der Waals surface area (Å²) in [6, 6.07) is 8.89. The number of aliphatic hydroxyl groups excluding tert-OH is 1. The van der Waals surface area contributed by atoms with E-state index < -0.39 is 0 Å². The van der Waals surface area contributed by atoms with Gasteiger partial charge in [-0.05, 0) is 24.5 Å². The molecule has 0 bridgehead atoms. The SMILES string of the molecule is CC(CCO)CNC(=O)CCNC(=O)c1ccccc1. The van der Waals surface area contributed by atoms with Gasteiger partial charge in [0.25, 0.3) is 5.91 Å². The lowest BCUT2D eigenvalue weighted by Gasteiger charge is -2.11. The quantitative estimate of drug-likeness (QED) is 0.662. The van der Waals surface area contributed by atoms with Crippen LogP contribution < -0.4 is 10.6 Å². The lowest BCUT2D eigenvalue weighted by atomic mass is 10.1. The molecule has 1 atom stereocenters. The number of hydrogen-bond donors (Lipinski definition) is 3. The number of aliphatic hydroxyl groups is 1. The van der Waals surface area contributed by atoms with Gasteiger partial charge < -0.3 is 15.7 Å². The Morgan fingerprint density at radius 1 is 1.20 bits per heavy atom. The van der Waals surface area contributed by atoms with Crippen molar-refractivity contribution in [1.82, 2.24) is 10.6 Å². The van der Waals surface area contributed by atoms with Crippen LogP contribution in [0.15, 0.2) is 30.3 Å². The molecule has 0 aliphatic heterocycles. The van der Waals surface area contributed by atoms with Crippen molar-refractivity contribution in [3.63, 3.8) is 0 Å². The average Bonchev–Trinajstić information content (AvgIpc) is 2.46. The van der Waals surface area contributed by atoms with E-state index in [0.717, 1.165) is 0 Å². The summed E-state index contributed by atoms with van der Waals surface area (Å²) >= 11 is 0. The molecule has 0 aromatic heterocycles. The molecule has 0 saturated carbocycles. The number of hydrogen-bond acceptors (Lipinski definition) is 3. The van der Waals surface area contributed by atoms with Gasteiger partial charge in [-0.15, -0.1) is 0 Å². The predicted octanol–water partition coefficient (Wildman–Crippen LogP) is 0.941. The zero-order valence-electron chi connectivity index (χ0n) is 11.8. The third-order valence-electron chi connectivity index (χ3n) is 2.94. The standard InChI is InChI=1S/C15H22N2O3/c1-12(8-10-18)11-17-14(19)7-9-16-15(20)13-5-3-2-4-6-13/h2-6,12,18H,7-11H2,1H3,(H,16,20)(H,17,19). The van der Waals surface area contributed by atoms with Gasteiger partial charge in [0.1, 0.15) is 0 Å². The lowest BCUT2D eigenvalue weighted by molar-refractivity contribution is -0.121. The number of amides is 2. The Morgan fingerprint density at radius 2 is 1.90 bits per heavy atom. The zero-order chi connectivity index (χ0) is 14.8. The van der Waals surface area contributed by atoms with Crippen molar-refractivity contribution in [2.24, 2.45) is 5.92 Å². The van der Waals surface area contributed by atoms with Crippen molar-refractivity contribution < 1.29 is 14.7 Å². The Morgan fingerprint density at radius 3 is 2.55 bits per heavy atom. The van der Waals surface area contributed by atoms with Crippen LogP contribution in [0.1, 0.15) is 30.1 Å². The van der Waals surface area contributed by atoms with Crippen LogP contribution in [0.4, 0.5) is 0 Å². The first-order valence-electron chi connectivity index (χ1n) is 6.84. The first-order valence-corrected chi connectivity index (χ1v) is 6.84. The van der Waals surface area contributed by atoms with Crippen LogP contribution in [0.25, 0.3) is 0 Å². The number of rotatable bonds is 8. The second-order valence-electron chi connectivity index (χ2n) is 4.79. The Labute approximate surface area is 119 Å². The van der Waals surface area contributed by atoms with E-state index in [1.807, 2.05) is 13.0 Å². The lowest BCUT2D eigenvalue weighted by Crippen LogP contribution is -2.33. The highest BCUT2D eigenvalue weighted by Gasteiger charge is 2.07. The molecule has 1 aromatic carbocycles. The summed E-state index contributed by atoms with van der Waals surface area (Å²) in [4.78, 5) is 23.3. The van der Waals surface area contributed by atoms with E-state index in [-0.39, 0.29) is 30.8 Å². The molecule has 0 saturated heterocycles. The molecular formula is C15H22N2O3. The molecule has 3 N–H and O–H groups in total. The molecule has 0 fully saturated rings. The molecule has 110 valence electrons. The van der Waals surface area contributed by atoms with Crippen molar-refractivity contribution in [1.29, 1.82) is 0 Å². The smallest absolute Gasteiger partial charge is 0.251 e. The molecule has 0 spiro atoms. The van der Waals surface area contributed by atoms with E-state index in [0.29, 0.717) is 25.1 Å². The highest BCUT2D eigenvalue weighted by molar-refractivity contribution is 5.94. The molecule has 0 aliphatic carbocycles. The molecule has 5 nitrogen and oxygen atoms in total. The first kappa shape index (κ1) is 16.2. The summed E-state index contributed by atoms with van der Waals surface area (Å²) in [5.41, 5.74) is 0.587. The second-order valence-corrected chi connectivity index (χ2v) is 4.79. The maximum absolute atomic E-state index is 11.7. The van der Waals surface area contributed by atoms with Crippen LogP contribution in [0.2, 0.25) is 0 Å². The fourth-order valence-corrected chi connectivity index (χ4v) is 1.68. The fraction of sp³-hybridized carbons (Fsp3) is 0.467. The van der Waals surface area contributed by atoms with E-state index in [2.05, 4.69) is 10.6 Å². The maximum atomic E-state index is 11.7. The molecule has 1 unspecified atom stereocenters. The fourth-order valence-electron chi connectivity index (χ4n) is 1.68. The zero-order valence-corrected chi connectivity index (χ0v) is 11.8. The summed E-state index contributed by atoms with van der Waals surface area (Å²) in [6.45, 7) is 2.96. The van der Waals surface area contributed by atoms with E-state index in [9.17, 15) is 9.59 Å². The van der Waals surface area contributed by atoms with Crippen molar-refractivity contribution in [3.8, 4) is 0 Å². The minimum absolute atomic E-state index is 0.0943. The molecule has 0 heterocycles. The van der Waals surface area contributed by atoms with Crippen molar-refractivity contribution in [2.75, 3.05) is 19.7 Å². The van der Waals surface area contributed by atoms with Gasteiger partial charge in [0.05, 0.1) is 0 Å². The van der Waals surface area contributed by atoms with Crippen LogP contribution in [-0.4, -0.2) is 36.6 Å². The minimum atomic E-state index is -0.174. The van der Waals surface area contributed by atoms with Gasteiger partial charge in [-0.25, -0.2) is 0 Å². The minimum Gasteiger partial charge on any atom is -0.396 e. The van der Waals surface area contributed by atoms with Crippen molar-refractivity contribution in [2.45, 2.75) is 19.8 Å². The van der Waals surface area contributed by atoms with Crippen LogP contribution in [0.5, 0.6) is 0 Å². The highest BCUT2D eigenvalue weighted by atomic mass is 16.3. The maximum Gasteiger partial charge on any atom is 0.251 e. The molecule has 2 amide bonds. The third kappa shape index (κ3) is 6.33. The Bertz CT molecular complexity index is 420. The van der Waals surface area contributed by atoms with Gasteiger partial charge in [-0.3, -0.25) is 9.59 Å². The predicted molar refractivity (Wildman–Crippen MR) is 77.3 cm³/mol. The molecule has 0 aliphatic rings. The highest BCUT2D eigenvalue weighted by Crippen LogP contribution is 1.99. The van der Waals surface area contributed by atoms with Crippen molar-refractivity contribution in [3.05, 3.63) is 35.9 Å². The molecular weight excluding hydrogens is 256 g/mol. The summed E-state index contributed by atoms with van der Waals surface area (Å²) in [5, 5.41) is 14.2. The van der Waals surface area contributed by atoms with E-state index in [1.54, 1.807) is 24.3 Å². The summed E-state index contributed by atoms with van der Waals surface area (Å²) in [6.07, 6.45) is 0.926. The molecule has 0 radical (unpaired) electrons. The second kappa shape index (κ2) is 9.09. The number of carbonyl (C=O) groups is 2.